The van der Waals surface area contributed by atoms with Gasteiger partial charge < -0.3 is 15.4 Å². The molecular formula is C18H19IN2O3. The second kappa shape index (κ2) is 9.27. The van der Waals surface area contributed by atoms with Crippen LogP contribution >= 0.6 is 22.6 Å². The molecule has 6 heteroatoms. The summed E-state index contributed by atoms with van der Waals surface area (Å²) in [6.07, 6.45) is 0.136. The van der Waals surface area contributed by atoms with Gasteiger partial charge in [-0.05, 0) is 46.4 Å². The van der Waals surface area contributed by atoms with E-state index >= 15 is 0 Å². The Morgan fingerprint density at radius 1 is 1.12 bits per heavy atom. The van der Waals surface area contributed by atoms with Gasteiger partial charge in [0, 0.05) is 22.8 Å². The summed E-state index contributed by atoms with van der Waals surface area (Å²) in [5.41, 5.74) is 2.24. The molecule has 0 bridgehead atoms. The topological polar surface area (TPSA) is 67.4 Å². The fraction of sp³-hybridized carbons (Fsp3) is 0.222. The van der Waals surface area contributed by atoms with Gasteiger partial charge in [0.25, 0.3) is 5.91 Å². The maximum atomic E-state index is 12.2. The van der Waals surface area contributed by atoms with Gasteiger partial charge in [0.05, 0.1) is 12.0 Å². The zero-order chi connectivity index (χ0) is 17.4. The summed E-state index contributed by atoms with van der Waals surface area (Å²) in [4.78, 5) is 24.0. The molecule has 2 N–H and O–H groups in total. The highest BCUT2D eigenvalue weighted by molar-refractivity contribution is 14.1. The van der Waals surface area contributed by atoms with E-state index in [4.69, 9.17) is 4.74 Å². The van der Waals surface area contributed by atoms with Crippen LogP contribution in [0.3, 0.4) is 0 Å². The average Bonchev–Trinajstić information content (AvgIpc) is 2.60. The van der Waals surface area contributed by atoms with Crippen molar-refractivity contribution >= 4 is 40.2 Å². The van der Waals surface area contributed by atoms with Crippen molar-refractivity contribution in [2.45, 2.75) is 13.0 Å². The summed E-state index contributed by atoms with van der Waals surface area (Å²) in [5, 5.41) is 5.73. The number of benzene rings is 2. The number of amides is 1. The van der Waals surface area contributed by atoms with Crippen molar-refractivity contribution in [1.82, 2.24) is 5.32 Å². The van der Waals surface area contributed by atoms with Crippen molar-refractivity contribution in [2.24, 2.45) is 0 Å². The van der Waals surface area contributed by atoms with Crippen LogP contribution < -0.4 is 10.6 Å². The molecule has 2 aromatic rings. The number of anilines is 1. The lowest BCUT2D eigenvalue weighted by molar-refractivity contribution is -0.144. The first-order valence-electron chi connectivity index (χ1n) is 7.55. The number of hydrogen-bond acceptors (Lipinski definition) is 4. The molecular weight excluding hydrogens is 419 g/mol. The Kier molecular flexibility index (Phi) is 7.05. The molecule has 24 heavy (non-hydrogen) atoms. The Bertz CT molecular complexity index is 705. The number of halogens is 1. The van der Waals surface area contributed by atoms with Crippen LogP contribution in [0.25, 0.3) is 0 Å². The highest BCUT2D eigenvalue weighted by atomic mass is 127. The molecule has 0 saturated carbocycles. The summed E-state index contributed by atoms with van der Waals surface area (Å²) in [6.45, 7) is 0.482. The number of carbonyl (C=O) groups excluding carboxylic acids is 2. The quantitative estimate of drug-likeness (QED) is 0.515. The normalized spacial score (nSPS) is 10.1. The lowest BCUT2D eigenvalue weighted by Crippen LogP contribution is -2.27. The second-order valence-electron chi connectivity index (χ2n) is 5.09. The highest BCUT2D eigenvalue weighted by Gasteiger charge is 2.12. The van der Waals surface area contributed by atoms with E-state index in [1.165, 1.54) is 0 Å². The van der Waals surface area contributed by atoms with Gasteiger partial charge in [0.15, 0.2) is 0 Å². The van der Waals surface area contributed by atoms with E-state index in [1.807, 2.05) is 42.5 Å². The van der Waals surface area contributed by atoms with Gasteiger partial charge in [0.1, 0.15) is 6.61 Å². The molecule has 0 spiro atoms. The van der Waals surface area contributed by atoms with E-state index in [0.29, 0.717) is 5.56 Å². The van der Waals surface area contributed by atoms with Crippen molar-refractivity contribution in [3.63, 3.8) is 0 Å². The Morgan fingerprint density at radius 3 is 2.58 bits per heavy atom. The molecule has 126 valence electrons. The molecule has 0 radical (unpaired) electrons. The lowest BCUT2D eigenvalue weighted by Gasteiger charge is -2.10. The third kappa shape index (κ3) is 5.52. The molecule has 0 unspecified atom stereocenters. The number of esters is 1. The SMILES string of the molecule is CNc1ccc(I)cc1C(=O)NCCC(=O)OCc1ccccc1. The Balaban J connectivity index is 1.78. The molecule has 5 nitrogen and oxygen atoms in total. The third-order valence-electron chi connectivity index (χ3n) is 3.35. The van der Waals surface area contributed by atoms with E-state index in [2.05, 4.69) is 33.2 Å². The first-order valence-corrected chi connectivity index (χ1v) is 8.63. The molecule has 0 heterocycles. The van der Waals surface area contributed by atoms with Gasteiger partial charge in [-0.3, -0.25) is 9.59 Å². The summed E-state index contributed by atoms with van der Waals surface area (Å²) in [7, 11) is 1.76. The van der Waals surface area contributed by atoms with Crippen LogP contribution in [-0.2, 0) is 16.1 Å². The van der Waals surface area contributed by atoms with Crippen LogP contribution in [0, 0.1) is 3.57 Å². The van der Waals surface area contributed by atoms with E-state index in [-0.39, 0.29) is 31.4 Å². The fourth-order valence-corrected chi connectivity index (χ4v) is 2.60. The summed E-state index contributed by atoms with van der Waals surface area (Å²) in [6, 6.07) is 15.1. The van der Waals surface area contributed by atoms with Crippen molar-refractivity contribution in [3.8, 4) is 0 Å². The van der Waals surface area contributed by atoms with Crippen molar-refractivity contribution < 1.29 is 14.3 Å². The van der Waals surface area contributed by atoms with Gasteiger partial charge in [-0.15, -0.1) is 0 Å². The molecule has 2 rings (SSSR count). The molecule has 0 atom stereocenters. The second-order valence-corrected chi connectivity index (χ2v) is 6.34. The molecule has 0 aliphatic heterocycles. The van der Waals surface area contributed by atoms with Gasteiger partial charge in [0.2, 0.25) is 0 Å². The maximum absolute atomic E-state index is 12.2. The van der Waals surface area contributed by atoms with Gasteiger partial charge in [-0.2, -0.15) is 0 Å². The van der Waals surface area contributed by atoms with Gasteiger partial charge in [-0.25, -0.2) is 0 Å². The Labute approximate surface area is 154 Å². The van der Waals surface area contributed by atoms with Crippen LogP contribution in [0.1, 0.15) is 22.3 Å². The smallest absolute Gasteiger partial charge is 0.307 e. The zero-order valence-corrected chi connectivity index (χ0v) is 15.5. The molecule has 1 amide bonds. The first-order chi connectivity index (χ1) is 11.6. The fourth-order valence-electron chi connectivity index (χ4n) is 2.11. The maximum Gasteiger partial charge on any atom is 0.307 e. The number of nitrogens with one attached hydrogen (secondary N) is 2. The van der Waals surface area contributed by atoms with Crippen LogP contribution in [0.2, 0.25) is 0 Å². The number of ether oxygens (including phenoxy) is 1. The van der Waals surface area contributed by atoms with Gasteiger partial charge >= 0.3 is 5.97 Å². The molecule has 0 fully saturated rings. The predicted molar refractivity (Wildman–Crippen MR) is 102 cm³/mol. The van der Waals surface area contributed by atoms with E-state index < -0.39 is 0 Å². The standard InChI is InChI=1S/C18H19IN2O3/c1-20-16-8-7-14(19)11-15(16)18(23)21-10-9-17(22)24-12-13-5-3-2-4-6-13/h2-8,11,20H,9-10,12H2,1H3,(H,21,23). The highest BCUT2D eigenvalue weighted by Crippen LogP contribution is 2.18. The molecule has 0 aliphatic carbocycles. The van der Waals surface area contributed by atoms with Crippen LogP contribution in [0.15, 0.2) is 48.5 Å². The minimum absolute atomic E-state index is 0.136. The predicted octanol–water partition coefficient (Wildman–Crippen LogP) is 3.20. The number of hydrogen-bond donors (Lipinski definition) is 2. The van der Waals surface area contributed by atoms with Crippen LogP contribution in [-0.4, -0.2) is 25.5 Å². The number of carbonyl (C=O) groups is 2. The largest absolute Gasteiger partial charge is 0.461 e. The molecule has 0 aliphatic rings. The monoisotopic (exact) mass is 438 g/mol. The van der Waals surface area contributed by atoms with Gasteiger partial charge in [-0.1, -0.05) is 30.3 Å². The summed E-state index contributed by atoms with van der Waals surface area (Å²) < 4.78 is 6.15. The average molecular weight is 438 g/mol. The lowest BCUT2D eigenvalue weighted by atomic mass is 10.1. The van der Waals surface area contributed by atoms with E-state index in [9.17, 15) is 9.59 Å². The Morgan fingerprint density at radius 2 is 1.88 bits per heavy atom. The molecule has 2 aromatic carbocycles. The van der Waals surface area contributed by atoms with Crippen LogP contribution in [0.5, 0.6) is 0 Å². The van der Waals surface area contributed by atoms with Crippen molar-refractivity contribution in [3.05, 3.63) is 63.2 Å². The minimum Gasteiger partial charge on any atom is -0.461 e. The van der Waals surface area contributed by atoms with Crippen molar-refractivity contribution in [2.75, 3.05) is 18.9 Å². The summed E-state index contributed by atoms with van der Waals surface area (Å²) >= 11 is 2.15. The zero-order valence-electron chi connectivity index (χ0n) is 13.3. The third-order valence-corrected chi connectivity index (χ3v) is 4.02. The summed E-state index contributed by atoms with van der Waals surface area (Å²) in [5.74, 6) is -0.552. The minimum atomic E-state index is -0.337. The molecule has 0 saturated heterocycles. The first kappa shape index (κ1) is 18.3. The van der Waals surface area contributed by atoms with E-state index in [1.54, 1.807) is 13.1 Å². The van der Waals surface area contributed by atoms with Crippen molar-refractivity contribution in [1.29, 1.82) is 0 Å². The van der Waals surface area contributed by atoms with E-state index in [0.717, 1.165) is 14.8 Å². The van der Waals surface area contributed by atoms with Crippen LogP contribution in [0.4, 0.5) is 5.69 Å². The molecule has 0 aromatic heterocycles. The Hall–Kier alpha value is -2.09. The number of rotatable bonds is 7.